The number of anilines is 3. The number of carbonyl (C=O) groups is 2. The van der Waals surface area contributed by atoms with E-state index >= 15 is 0 Å². The number of esters is 2. The number of ether oxygens (including phenoxy) is 6. The summed E-state index contributed by atoms with van der Waals surface area (Å²) < 4.78 is 31.8. The molecule has 4 aromatic rings. The Kier molecular flexibility index (Phi) is 9.87. The Labute approximate surface area is 252 Å². The molecule has 0 saturated carbocycles. The van der Waals surface area contributed by atoms with Crippen molar-refractivity contribution in [3.8, 4) is 11.5 Å². The second-order valence-corrected chi connectivity index (χ2v) is 10.5. The fourth-order valence-corrected chi connectivity index (χ4v) is 5.17. The van der Waals surface area contributed by atoms with Gasteiger partial charge in [0.05, 0.1) is 68.5 Å². The maximum Gasteiger partial charge on any atom is 0.337 e. The summed E-state index contributed by atoms with van der Waals surface area (Å²) in [5.41, 5.74) is 7.87. The summed E-state index contributed by atoms with van der Waals surface area (Å²) in [4.78, 5) is 32.7. The van der Waals surface area contributed by atoms with Crippen molar-refractivity contribution in [2.45, 2.75) is 25.0 Å². The highest BCUT2D eigenvalue weighted by Gasteiger charge is 2.21. The molecule has 0 aliphatic carbocycles. The Hall–Kier alpha value is -4.46. The summed E-state index contributed by atoms with van der Waals surface area (Å²) >= 11 is 1.55. The van der Waals surface area contributed by atoms with Crippen LogP contribution < -0.4 is 20.5 Å². The smallest absolute Gasteiger partial charge is 0.337 e. The van der Waals surface area contributed by atoms with Gasteiger partial charge in [0, 0.05) is 12.8 Å². The molecule has 43 heavy (non-hydrogen) atoms. The van der Waals surface area contributed by atoms with E-state index in [0.29, 0.717) is 60.6 Å². The van der Waals surface area contributed by atoms with E-state index in [2.05, 4.69) is 20.0 Å². The number of hydrogen-bond donors (Lipinski definition) is 2. The molecule has 2 fully saturated rings. The van der Waals surface area contributed by atoms with E-state index in [1.54, 1.807) is 47.7 Å². The van der Waals surface area contributed by atoms with E-state index < -0.39 is 11.9 Å². The zero-order chi connectivity index (χ0) is 30.2. The number of thiophene rings is 1. The molecule has 0 spiro atoms. The number of nitrogens with two attached hydrogens (primary N) is 1. The highest BCUT2D eigenvalue weighted by atomic mass is 32.1. The van der Waals surface area contributed by atoms with Gasteiger partial charge in [-0.15, -0.1) is 11.3 Å². The molecule has 3 N–H and O–H groups in total. The number of aromatic nitrogens is 2. The molecule has 12 nitrogen and oxygen atoms in total. The molecule has 0 bridgehead atoms. The van der Waals surface area contributed by atoms with Gasteiger partial charge in [0.15, 0.2) is 0 Å². The lowest BCUT2D eigenvalue weighted by atomic mass is 10.1. The fourth-order valence-electron chi connectivity index (χ4n) is 4.44. The lowest BCUT2D eigenvalue weighted by Crippen LogP contribution is -2.17. The third-order valence-corrected chi connectivity index (χ3v) is 7.54. The second-order valence-electron chi connectivity index (χ2n) is 9.64. The molecule has 13 heteroatoms. The molecule has 0 radical (unpaired) electrons. The third kappa shape index (κ3) is 7.49. The predicted octanol–water partition coefficient (Wildman–Crippen LogP) is 4.61. The Bertz CT molecular complexity index is 1570. The van der Waals surface area contributed by atoms with Crippen LogP contribution in [0.2, 0.25) is 0 Å². The lowest BCUT2D eigenvalue weighted by molar-refractivity contribution is 0.0591. The first-order valence-electron chi connectivity index (χ1n) is 13.6. The molecule has 2 aromatic heterocycles. The van der Waals surface area contributed by atoms with Crippen LogP contribution in [0.1, 0.15) is 33.6 Å². The largest absolute Gasteiger partial charge is 0.486 e. The predicted molar refractivity (Wildman–Crippen MR) is 160 cm³/mol. The van der Waals surface area contributed by atoms with E-state index in [1.807, 2.05) is 11.4 Å². The number of benzene rings is 2. The minimum absolute atomic E-state index is 0.00481. The normalized spacial score (nSPS) is 17.5. The van der Waals surface area contributed by atoms with E-state index in [9.17, 15) is 9.59 Å². The van der Waals surface area contributed by atoms with Gasteiger partial charge in [-0.05, 0) is 47.8 Å². The van der Waals surface area contributed by atoms with Crippen molar-refractivity contribution < 1.29 is 38.0 Å². The molecule has 2 aliphatic rings. The van der Waals surface area contributed by atoms with Crippen molar-refractivity contribution in [3.05, 3.63) is 65.3 Å². The van der Waals surface area contributed by atoms with Gasteiger partial charge in [-0.1, -0.05) is 0 Å². The van der Waals surface area contributed by atoms with Crippen molar-refractivity contribution in [2.75, 3.05) is 51.7 Å². The number of nitrogens with zero attached hydrogens (tertiary/aromatic N) is 2. The molecule has 2 aliphatic heterocycles. The van der Waals surface area contributed by atoms with Crippen LogP contribution in [-0.4, -0.2) is 74.8 Å². The summed E-state index contributed by atoms with van der Waals surface area (Å²) in [6, 6.07) is 12.0. The van der Waals surface area contributed by atoms with Gasteiger partial charge in [-0.25, -0.2) is 19.6 Å². The number of carbonyl (C=O) groups excluding carboxylic acids is 2. The summed E-state index contributed by atoms with van der Waals surface area (Å²) in [5, 5.41) is 6.20. The quantitative estimate of drug-likeness (QED) is 0.212. The van der Waals surface area contributed by atoms with E-state index in [-0.39, 0.29) is 12.2 Å². The fraction of sp³-hybridized carbons (Fsp3) is 0.333. The van der Waals surface area contributed by atoms with E-state index in [1.165, 1.54) is 20.5 Å². The van der Waals surface area contributed by atoms with Crippen molar-refractivity contribution in [3.63, 3.8) is 0 Å². The Morgan fingerprint density at radius 2 is 1.51 bits per heavy atom. The van der Waals surface area contributed by atoms with Crippen molar-refractivity contribution >= 4 is 50.7 Å². The van der Waals surface area contributed by atoms with Crippen LogP contribution in [0.3, 0.4) is 0 Å². The first kappa shape index (κ1) is 30.0. The average molecular weight is 609 g/mol. The zero-order valence-corrected chi connectivity index (χ0v) is 24.6. The van der Waals surface area contributed by atoms with Gasteiger partial charge < -0.3 is 39.5 Å². The molecule has 226 valence electrons. The molecular weight excluding hydrogens is 576 g/mol. The number of nitrogen functional groups attached to an aromatic ring is 1. The van der Waals surface area contributed by atoms with Crippen LogP contribution in [0.5, 0.6) is 11.5 Å². The molecule has 4 heterocycles. The number of methoxy groups -OCH3 is 2. The molecule has 2 aromatic carbocycles. The summed E-state index contributed by atoms with van der Waals surface area (Å²) in [6.07, 6.45) is 3.13. The van der Waals surface area contributed by atoms with Crippen molar-refractivity contribution in [2.24, 2.45) is 0 Å². The van der Waals surface area contributed by atoms with Crippen LogP contribution in [0, 0.1) is 0 Å². The number of hydrogen-bond acceptors (Lipinski definition) is 13. The van der Waals surface area contributed by atoms with Crippen LogP contribution in [0.4, 0.5) is 17.2 Å². The van der Waals surface area contributed by atoms with Gasteiger partial charge in [0.1, 0.15) is 40.7 Å². The molecule has 6 rings (SSSR count). The first-order chi connectivity index (χ1) is 20.9. The highest BCUT2D eigenvalue weighted by Crippen LogP contribution is 2.33. The SMILES string of the molecule is COC(=O)c1ccc(N)c(OC2CCOC2)c1.COC(=O)c1ccc(Nc2ncnc3sccc23)c(OC2CCOC2)c1. The molecule has 2 saturated heterocycles. The highest BCUT2D eigenvalue weighted by molar-refractivity contribution is 7.16. The van der Waals surface area contributed by atoms with E-state index in [4.69, 9.17) is 29.4 Å². The van der Waals surface area contributed by atoms with Gasteiger partial charge in [0.2, 0.25) is 0 Å². The minimum Gasteiger partial charge on any atom is -0.486 e. The second kappa shape index (κ2) is 14.1. The third-order valence-electron chi connectivity index (χ3n) is 6.72. The summed E-state index contributed by atoms with van der Waals surface area (Å²) in [6.45, 7) is 2.46. The zero-order valence-electron chi connectivity index (χ0n) is 23.7. The van der Waals surface area contributed by atoms with Gasteiger partial charge >= 0.3 is 11.9 Å². The average Bonchev–Trinajstić information content (AvgIpc) is 3.83. The summed E-state index contributed by atoms with van der Waals surface area (Å²) in [5.74, 6) is 0.937. The molecule has 2 unspecified atom stereocenters. The molecular formula is C30H32N4O8S. The maximum atomic E-state index is 11.9. The van der Waals surface area contributed by atoms with Crippen LogP contribution in [0.15, 0.2) is 54.2 Å². The van der Waals surface area contributed by atoms with Crippen LogP contribution in [0.25, 0.3) is 10.2 Å². The Balaban J connectivity index is 0.000000188. The van der Waals surface area contributed by atoms with Crippen molar-refractivity contribution in [1.82, 2.24) is 9.97 Å². The van der Waals surface area contributed by atoms with Gasteiger partial charge in [0.25, 0.3) is 0 Å². The Morgan fingerprint density at radius 3 is 2.14 bits per heavy atom. The van der Waals surface area contributed by atoms with E-state index in [0.717, 1.165) is 28.7 Å². The van der Waals surface area contributed by atoms with Crippen molar-refractivity contribution in [1.29, 1.82) is 0 Å². The molecule has 2 atom stereocenters. The van der Waals surface area contributed by atoms with Crippen LogP contribution in [-0.2, 0) is 18.9 Å². The topological polar surface area (TPSA) is 153 Å². The number of fused-ring (bicyclic) bond motifs is 1. The van der Waals surface area contributed by atoms with Crippen LogP contribution >= 0.6 is 11.3 Å². The monoisotopic (exact) mass is 608 g/mol. The van der Waals surface area contributed by atoms with Gasteiger partial charge in [-0.2, -0.15) is 0 Å². The summed E-state index contributed by atoms with van der Waals surface area (Å²) in [7, 11) is 2.69. The van der Waals surface area contributed by atoms with Gasteiger partial charge in [-0.3, -0.25) is 0 Å². The first-order valence-corrected chi connectivity index (χ1v) is 14.5. The number of nitrogens with one attached hydrogen (secondary N) is 1. The number of rotatable bonds is 8. The minimum atomic E-state index is -0.411. The maximum absolute atomic E-state index is 11.9. The standard InChI is InChI=1S/C18H17N3O4S.C12H15NO4/c1-23-18(22)11-2-3-14(15(8-11)25-12-4-6-24-9-12)21-16-13-5-7-26-17(13)20-10-19-16;1-15-12(14)8-2-3-10(13)11(6-8)17-9-4-5-16-7-9/h2-3,5,7-8,10,12H,4,6,9H2,1H3,(H,19,20,21);2-3,6,9H,4-5,7,13H2,1H3. The molecule has 0 amide bonds. The Morgan fingerprint density at radius 1 is 0.884 bits per heavy atom. The lowest BCUT2D eigenvalue weighted by Gasteiger charge is -2.17.